The summed E-state index contributed by atoms with van der Waals surface area (Å²) in [6.07, 6.45) is 3.70. The van der Waals surface area contributed by atoms with E-state index >= 15 is 0 Å². The zero-order valence-electron chi connectivity index (χ0n) is 8.75. The number of fused-ring (bicyclic) bond motifs is 2. The third-order valence-corrected chi connectivity index (χ3v) is 4.80. The molecule has 2 bridgehead atoms. The predicted octanol–water partition coefficient (Wildman–Crippen LogP) is 2.56. The molecule has 0 aromatic rings. The van der Waals surface area contributed by atoms with Crippen molar-refractivity contribution in [3.8, 4) is 6.07 Å². The van der Waals surface area contributed by atoms with Gasteiger partial charge in [0.05, 0.1) is 11.8 Å². The molecular formula is C11H16N2O. The van der Waals surface area contributed by atoms with E-state index in [0.717, 1.165) is 18.6 Å². The first-order valence-corrected chi connectivity index (χ1v) is 5.17. The molecule has 0 heterocycles. The molecule has 3 atom stereocenters. The summed E-state index contributed by atoms with van der Waals surface area (Å²) in [7, 11) is 0. The van der Waals surface area contributed by atoms with Crippen LogP contribution in [0.1, 0.15) is 39.5 Å². The molecule has 3 nitrogen and oxygen atoms in total. The summed E-state index contributed by atoms with van der Waals surface area (Å²) in [5.74, 6) is 0.540. The summed E-state index contributed by atoms with van der Waals surface area (Å²) in [6.45, 7) is 4.32. The van der Waals surface area contributed by atoms with Crippen molar-refractivity contribution in [3.05, 3.63) is 0 Å². The molecule has 0 amide bonds. The van der Waals surface area contributed by atoms with Crippen LogP contribution in [0.3, 0.4) is 0 Å². The van der Waals surface area contributed by atoms with Crippen molar-refractivity contribution in [2.45, 2.75) is 39.5 Å². The number of oxime groups is 1. The highest BCUT2D eigenvalue weighted by atomic mass is 16.4. The summed E-state index contributed by atoms with van der Waals surface area (Å²) >= 11 is 0. The van der Waals surface area contributed by atoms with Crippen LogP contribution in [-0.4, -0.2) is 10.9 Å². The number of nitrogens with zero attached hydrogens (tertiary/aromatic N) is 2. The normalized spacial score (nSPS) is 48.4. The summed E-state index contributed by atoms with van der Waals surface area (Å²) < 4.78 is 0. The third-order valence-electron chi connectivity index (χ3n) is 4.80. The molecule has 2 aliphatic rings. The second kappa shape index (κ2) is 2.73. The van der Waals surface area contributed by atoms with Crippen molar-refractivity contribution >= 4 is 5.71 Å². The van der Waals surface area contributed by atoms with Gasteiger partial charge < -0.3 is 5.21 Å². The van der Waals surface area contributed by atoms with E-state index in [-0.39, 0.29) is 10.8 Å². The van der Waals surface area contributed by atoms with Gasteiger partial charge in [-0.05, 0) is 30.6 Å². The molecule has 0 radical (unpaired) electrons. The average molecular weight is 192 g/mol. The third kappa shape index (κ3) is 0.841. The van der Waals surface area contributed by atoms with Crippen LogP contribution < -0.4 is 0 Å². The minimum absolute atomic E-state index is 0.0311. The SMILES string of the molecule is C[C@@]12CC[C@@H](CC1=NO)[C@@]2(C)CC#N. The van der Waals surface area contributed by atoms with E-state index in [1.165, 1.54) is 6.42 Å². The van der Waals surface area contributed by atoms with Crippen molar-refractivity contribution in [2.24, 2.45) is 21.9 Å². The van der Waals surface area contributed by atoms with Crippen LogP contribution in [0.4, 0.5) is 0 Å². The molecule has 76 valence electrons. The zero-order valence-corrected chi connectivity index (χ0v) is 8.75. The van der Waals surface area contributed by atoms with Gasteiger partial charge in [0, 0.05) is 11.8 Å². The lowest BCUT2D eigenvalue weighted by Gasteiger charge is -2.35. The van der Waals surface area contributed by atoms with E-state index in [2.05, 4.69) is 25.1 Å². The molecular weight excluding hydrogens is 176 g/mol. The predicted molar refractivity (Wildman–Crippen MR) is 53.0 cm³/mol. The molecule has 14 heavy (non-hydrogen) atoms. The van der Waals surface area contributed by atoms with Crippen LogP contribution in [0.5, 0.6) is 0 Å². The highest BCUT2D eigenvalue weighted by molar-refractivity contribution is 5.93. The van der Waals surface area contributed by atoms with Gasteiger partial charge in [-0.1, -0.05) is 19.0 Å². The maximum Gasteiger partial charge on any atom is 0.0638 e. The lowest BCUT2D eigenvalue weighted by atomic mass is 9.67. The number of nitriles is 1. The first-order valence-electron chi connectivity index (χ1n) is 5.17. The van der Waals surface area contributed by atoms with Crippen molar-refractivity contribution in [1.29, 1.82) is 5.26 Å². The van der Waals surface area contributed by atoms with Crippen LogP contribution in [0.15, 0.2) is 5.16 Å². The van der Waals surface area contributed by atoms with E-state index in [4.69, 9.17) is 10.5 Å². The fourth-order valence-electron chi connectivity index (χ4n) is 3.43. The van der Waals surface area contributed by atoms with Crippen molar-refractivity contribution < 1.29 is 5.21 Å². The molecule has 2 saturated carbocycles. The van der Waals surface area contributed by atoms with Crippen LogP contribution in [-0.2, 0) is 0 Å². The topological polar surface area (TPSA) is 56.4 Å². The van der Waals surface area contributed by atoms with E-state index in [1.54, 1.807) is 0 Å². The summed E-state index contributed by atoms with van der Waals surface area (Å²) in [4.78, 5) is 0. The number of hydrogen-bond acceptors (Lipinski definition) is 3. The van der Waals surface area contributed by atoms with E-state index in [1.807, 2.05) is 0 Å². The Hall–Kier alpha value is -1.04. The summed E-state index contributed by atoms with van der Waals surface area (Å²) in [6, 6.07) is 2.28. The minimum atomic E-state index is -0.0395. The average Bonchev–Trinajstić information content (AvgIpc) is 2.51. The van der Waals surface area contributed by atoms with E-state index < -0.39 is 0 Å². The summed E-state index contributed by atoms with van der Waals surface area (Å²) in [5, 5.41) is 21.3. The molecule has 0 spiro atoms. The Morgan fingerprint density at radius 3 is 2.86 bits per heavy atom. The zero-order chi connectivity index (χ0) is 10.4. The molecule has 0 saturated heterocycles. The fraction of sp³-hybridized carbons (Fsp3) is 0.818. The maximum absolute atomic E-state index is 8.96. The first kappa shape index (κ1) is 9.51. The fourth-order valence-corrected chi connectivity index (χ4v) is 3.43. The largest absolute Gasteiger partial charge is 0.411 e. The van der Waals surface area contributed by atoms with Gasteiger partial charge in [0.1, 0.15) is 0 Å². The number of rotatable bonds is 1. The van der Waals surface area contributed by atoms with Crippen molar-refractivity contribution in [3.63, 3.8) is 0 Å². The lowest BCUT2D eigenvalue weighted by Crippen LogP contribution is -2.34. The smallest absolute Gasteiger partial charge is 0.0638 e. The minimum Gasteiger partial charge on any atom is -0.411 e. The molecule has 0 aromatic carbocycles. The van der Waals surface area contributed by atoms with Crippen LogP contribution in [0, 0.1) is 28.1 Å². The first-order chi connectivity index (χ1) is 6.58. The van der Waals surface area contributed by atoms with E-state index in [9.17, 15) is 0 Å². The van der Waals surface area contributed by atoms with Crippen LogP contribution in [0.2, 0.25) is 0 Å². The molecule has 2 aliphatic carbocycles. The van der Waals surface area contributed by atoms with Gasteiger partial charge in [0.15, 0.2) is 0 Å². The monoisotopic (exact) mass is 192 g/mol. The van der Waals surface area contributed by atoms with Gasteiger partial charge in [0.25, 0.3) is 0 Å². The summed E-state index contributed by atoms with van der Waals surface area (Å²) in [5.41, 5.74) is 0.900. The molecule has 0 unspecified atom stereocenters. The Kier molecular flexibility index (Phi) is 1.85. The second-order valence-corrected chi connectivity index (χ2v) is 5.07. The molecule has 1 N–H and O–H groups in total. The highest BCUT2D eigenvalue weighted by Gasteiger charge is 2.62. The standard InChI is InChI=1S/C11H16N2O/c1-10(5-6-12)8-3-4-11(10,2)9(7-8)13-14/h8,14H,3-5,7H2,1-2H3/t8-,10+,11+/m0/s1. The molecule has 0 aromatic heterocycles. The quantitative estimate of drug-likeness (QED) is 0.512. The van der Waals surface area contributed by atoms with Gasteiger partial charge in [-0.2, -0.15) is 5.26 Å². The van der Waals surface area contributed by atoms with E-state index in [0.29, 0.717) is 12.3 Å². The number of hydrogen-bond donors (Lipinski definition) is 1. The van der Waals surface area contributed by atoms with Gasteiger partial charge >= 0.3 is 0 Å². The Morgan fingerprint density at radius 2 is 2.36 bits per heavy atom. The molecule has 2 fully saturated rings. The van der Waals surface area contributed by atoms with Crippen LogP contribution >= 0.6 is 0 Å². The Labute approximate surface area is 84.4 Å². The van der Waals surface area contributed by atoms with Gasteiger partial charge in [-0.25, -0.2) is 0 Å². The van der Waals surface area contributed by atoms with Crippen molar-refractivity contribution in [2.75, 3.05) is 0 Å². The Morgan fingerprint density at radius 1 is 1.64 bits per heavy atom. The molecule has 0 aliphatic heterocycles. The van der Waals surface area contributed by atoms with Gasteiger partial charge in [-0.15, -0.1) is 0 Å². The van der Waals surface area contributed by atoms with Gasteiger partial charge in [0.2, 0.25) is 0 Å². The van der Waals surface area contributed by atoms with Gasteiger partial charge in [-0.3, -0.25) is 0 Å². The lowest BCUT2D eigenvalue weighted by molar-refractivity contribution is 0.168. The molecule has 3 heteroatoms. The highest BCUT2D eigenvalue weighted by Crippen LogP contribution is 2.65. The molecule has 2 rings (SSSR count). The maximum atomic E-state index is 8.96. The Balaban J connectivity index is 2.43. The second-order valence-electron chi connectivity index (χ2n) is 5.07. The van der Waals surface area contributed by atoms with Crippen LogP contribution in [0.25, 0.3) is 0 Å². The van der Waals surface area contributed by atoms with Crippen molar-refractivity contribution in [1.82, 2.24) is 0 Å². The Bertz CT molecular complexity index is 331.